The molecular weight excluding hydrogens is 472 g/mol. The van der Waals surface area contributed by atoms with Gasteiger partial charge >= 0.3 is 0 Å². The second kappa shape index (κ2) is 15.7. The first kappa shape index (κ1) is 29.0. The smallest absolute Gasteiger partial charge is 0.237 e. The average Bonchev–Trinajstić information content (AvgIpc) is 2.91. The highest BCUT2D eigenvalue weighted by Crippen LogP contribution is 2.16. The Balaban J connectivity index is 1.51. The molecule has 202 valence electrons. The number of rotatable bonds is 15. The molecule has 0 fully saturated rings. The van der Waals surface area contributed by atoms with Gasteiger partial charge in [-0.1, -0.05) is 94.5 Å². The molecule has 0 aliphatic rings. The first-order chi connectivity index (χ1) is 18.5. The number of hydrogen-bond donors (Lipinski definition) is 2. The lowest BCUT2D eigenvalue weighted by atomic mass is 10.0. The third kappa shape index (κ3) is 9.40. The van der Waals surface area contributed by atoms with E-state index >= 15 is 0 Å². The van der Waals surface area contributed by atoms with Crippen LogP contribution in [0.4, 0.5) is 11.4 Å². The van der Waals surface area contributed by atoms with Crippen molar-refractivity contribution in [3.05, 3.63) is 102 Å². The van der Waals surface area contributed by atoms with Gasteiger partial charge in [-0.3, -0.25) is 20.4 Å². The van der Waals surface area contributed by atoms with Crippen molar-refractivity contribution < 1.29 is 0 Å². The number of hydrogen-bond acceptors (Lipinski definition) is 6. The quantitative estimate of drug-likeness (QED) is 0.186. The van der Waals surface area contributed by atoms with E-state index in [9.17, 15) is 9.59 Å². The molecule has 0 atom stereocenters. The van der Waals surface area contributed by atoms with Crippen LogP contribution >= 0.6 is 0 Å². The van der Waals surface area contributed by atoms with E-state index in [1.54, 1.807) is 0 Å². The fourth-order valence-electron chi connectivity index (χ4n) is 4.48. The Morgan fingerprint density at radius 3 is 2.00 bits per heavy atom. The summed E-state index contributed by atoms with van der Waals surface area (Å²) in [5.74, 6) is 0. The molecule has 0 saturated carbocycles. The monoisotopic (exact) mass is 514 g/mol. The van der Waals surface area contributed by atoms with Crippen LogP contribution in [0.15, 0.2) is 74.4 Å². The van der Waals surface area contributed by atoms with E-state index in [2.05, 4.69) is 40.1 Å². The fourth-order valence-corrected chi connectivity index (χ4v) is 4.48. The zero-order chi connectivity index (χ0) is 27.2. The number of benzene rings is 3. The number of anilines is 2. The molecule has 0 unspecified atom stereocenters. The van der Waals surface area contributed by atoms with Crippen molar-refractivity contribution in [3.63, 3.8) is 0 Å². The Hall–Kier alpha value is -3.54. The Bertz CT molecular complexity index is 1370. The molecule has 0 spiro atoms. The molecule has 0 aliphatic carbocycles. The summed E-state index contributed by atoms with van der Waals surface area (Å²) in [6, 6.07) is 16.7. The largest absolute Gasteiger partial charge is 0.287 e. The standard InChI is InChI=1S/C32H42N4O2/c1-4-5-6-7-8-9-10-11-12-13-14-26-16-18-27(19-17-26)33-36-31-30(37)22-21-29(32(31)38)35-34-28-20-15-24(2)23-25(28)3/h15-23,33-34H,4-14H2,1-3H3/b35-29+,36-31-. The van der Waals surface area contributed by atoms with Gasteiger partial charge in [-0.05, 0) is 68.1 Å². The van der Waals surface area contributed by atoms with E-state index in [1.165, 1.54) is 81.9 Å². The molecule has 3 aromatic carbocycles. The number of nitrogens with one attached hydrogen (secondary N) is 2. The van der Waals surface area contributed by atoms with Gasteiger partial charge in [0.25, 0.3) is 0 Å². The molecule has 0 aliphatic heterocycles. The van der Waals surface area contributed by atoms with Crippen molar-refractivity contribution in [2.75, 3.05) is 10.9 Å². The lowest BCUT2D eigenvalue weighted by Gasteiger charge is -2.05. The predicted molar refractivity (Wildman–Crippen MR) is 158 cm³/mol. The molecule has 38 heavy (non-hydrogen) atoms. The van der Waals surface area contributed by atoms with Crippen LogP contribution in [0.25, 0.3) is 0 Å². The van der Waals surface area contributed by atoms with E-state index in [4.69, 9.17) is 0 Å². The summed E-state index contributed by atoms with van der Waals surface area (Å²) in [6.07, 6.45) is 14.4. The summed E-state index contributed by atoms with van der Waals surface area (Å²) in [6.45, 7) is 6.25. The molecular formula is C32H42N4O2. The van der Waals surface area contributed by atoms with Crippen LogP contribution in [0.1, 0.15) is 87.8 Å². The van der Waals surface area contributed by atoms with Crippen LogP contribution in [-0.2, 0) is 6.42 Å². The first-order valence-corrected chi connectivity index (χ1v) is 14.1. The van der Waals surface area contributed by atoms with Crippen molar-refractivity contribution in [2.45, 2.75) is 91.4 Å². The van der Waals surface area contributed by atoms with E-state index < -0.39 is 10.9 Å². The first-order valence-electron chi connectivity index (χ1n) is 14.1. The Morgan fingerprint density at radius 2 is 1.34 bits per heavy atom. The highest BCUT2D eigenvalue weighted by atomic mass is 16.1. The normalized spacial score (nSPS) is 12.2. The van der Waals surface area contributed by atoms with Crippen LogP contribution in [0, 0.1) is 13.8 Å². The maximum Gasteiger partial charge on any atom is 0.237 e. The lowest BCUT2D eigenvalue weighted by Crippen LogP contribution is -2.47. The summed E-state index contributed by atoms with van der Waals surface area (Å²) >= 11 is 0. The Labute approximate surface area is 226 Å². The number of nitrogens with zero attached hydrogens (tertiary/aromatic N) is 2. The molecule has 0 amide bonds. The summed E-state index contributed by atoms with van der Waals surface area (Å²) in [5.41, 5.74) is 9.80. The van der Waals surface area contributed by atoms with E-state index in [-0.39, 0.29) is 10.7 Å². The van der Waals surface area contributed by atoms with E-state index in [0.29, 0.717) is 0 Å². The average molecular weight is 515 g/mol. The maximum absolute atomic E-state index is 12.8. The second-order valence-corrected chi connectivity index (χ2v) is 10.2. The van der Waals surface area contributed by atoms with Crippen LogP contribution in [0.3, 0.4) is 0 Å². The highest BCUT2D eigenvalue weighted by molar-refractivity contribution is 5.51. The lowest BCUT2D eigenvalue weighted by molar-refractivity contribution is 0.556. The highest BCUT2D eigenvalue weighted by Gasteiger charge is 2.03. The van der Waals surface area contributed by atoms with Gasteiger partial charge < -0.3 is 0 Å². The Kier molecular flexibility index (Phi) is 12.0. The second-order valence-electron chi connectivity index (χ2n) is 10.2. The van der Waals surface area contributed by atoms with Crippen molar-refractivity contribution in [2.24, 2.45) is 10.2 Å². The summed E-state index contributed by atoms with van der Waals surface area (Å²) in [7, 11) is 0. The molecule has 2 N–H and O–H groups in total. The van der Waals surface area contributed by atoms with Gasteiger partial charge in [0, 0.05) is 0 Å². The summed E-state index contributed by atoms with van der Waals surface area (Å²) in [4.78, 5) is 25.1. The molecule has 6 heteroatoms. The third-order valence-corrected chi connectivity index (χ3v) is 6.82. The van der Waals surface area contributed by atoms with Gasteiger partial charge in [-0.2, -0.15) is 10.2 Å². The maximum atomic E-state index is 12.8. The zero-order valence-corrected chi connectivity index (χ0v) is 23.2. The zero-order valence-electron chi connectivity index (χ0n) is 23.2. The molecule has 0 heterocycles. The molecule has 6 nitrogen and oxygen atoms in total. The van der Waals surface area contributed by atoms with Gasteiger partial charge in [0.2, 0.25) is 10.9 Å². The van der Waals surface area contributed by atoms with Crippen molar-refractivity contribution >= 4 is 11.4 Å². The molecule has 0 saturated heterocycles. The fraction of sp³-hybridized carbons (Fsp3) is 0.438. The van der Waals surface area contributed by atoms with E-state index in [0.717, 1.165) is 28.9 Å². The van der Waals surface area contributed by atoms with Gasteiger partial charge in [-0.25, -0.2) is 0 Å². The van der Waals surface area contributed by atoms with Crippen LogP contribution < -0.4 is 32.4 Å². The van der Waals surface area contributed by atoms with Crippen LogP contribution in [0.2, 0.25) is 0 Å². The van der Waals surface area contributed by atoms with Gasteiger partial charge in [-0.15, -0.1) is 0 Å². The van der Waals surface area contributed by atoms with Gasteiger partial charge in [0.1, 0.15) is 5.36 Å². The van der Waals surface area contributed by atoms with Gasteiger partial charge in [0.05, 0.1) is 11.4 Å². The SMILES string of the molecule is CCCCCCCCCCCCc1ccc(N/N=c2/c(=O)cc/c(=N\Nc3ccc(C)cc3C)c2=O)cc1. The van der Waals surface area contributed by atoms with Crippen LogP contribution in [-0.4, -0.2) is 0 Å². The van der Waals surface area contributed by atoms with Crippen molar-refractivity contribution in [1.29, 1.82) is 0 Å². The molecule has 3 rings (SSSR count). The Morgan fingerprint density at radius 1 is 0.684 bits per heavy atom. The summed E-state index contributed by atoms with van der Waals surface area (Å²) < 4.78 is 0. The minimum Gasteiger partial charge on any atom is -0.287 e. The number of aryl methyl sites for hydroxylation is 3. The molecule has 0 bridgehead atoms. The summed E-state index contributed by atoms with van der Waals surface area (Å²) in [5, 5.41) is 8.29. The van der Waals surface area contributed by atoms with Crippen molar-refractivity contribution in [1.82, 2.24) is 0 Å². The topological polar surface area (TPSA) is 82.9 Å². The van der Waals surface area contributed by atoms with Crippen molar-refractivity contribution in [3.8, 4) is 0 Å². The number of unbranched alkanes of at least 4 members (excludes halogenated alkanes) is 9. The van der Waals surface area contributed by atoms with Gasteiger partial charge in [0.15, 0.2) is 5.36 Å². The predicted octanol–water partition coefficient (Wildman–Crippen LogP) is 6.22. The minimum absolute atomic E-state index is 0.136. The minimum atomic E-state index is -0.514. The van der Waals surface area contributed by atoms with E-state index in [1.807, 2.05) is 44.2 Å². The third-order valence-electron chi connectivity index (χ3n) is 6.82. The molecule has 0 aromatic heterocycles. The van der Waals surface area contributed by atoms with Crippen LogP contribution in [0.5, 0.6) is 0 Å². The molecule has 3 aromatic rings. The molecule has 0 radical (unpaired) electrons.